The van der Waals surface area contributed by atoms with Gasteiger partial charge in [0.2, 0.25) is 11.8 Å². The lowest BCUT2D eigenvalue weighted by atomic mass is 9.99. The molecule has 1 aliphatic rings. The monoisotopic (exact) mass is 344 g/mol. The van der Waals surface area contributed by atoms with Gasteiger partial charge in [0.1, 0.15) is 0 Å². The summed E-state index contributed by atoms with van der Waals surface area (Å²) in [5, 5.41) is 8.32. The van der Waals surface area contributed by atoms with E-state index < -0.39 is 0 Å². The quantitative estimate of drug-likeness (QED) is 0.796. The van der Waals surface area contributed by atoms with Crippen LogP contribution in [0.1, 0.15) is 18.2 Å². The summed E-state index contributed by atoms with van der Waals surface area (Å²) in [6.07, 6.45) is 4.57. The van der Waals surface area contributed by atoms with E-state index in [2.05, 4.69) is 10.2 Å². The summed E-state index contributed by atoms with van der Waals surface area (Å²) in [7, 11) is 6.39. The van der Waals surface area contributed by atoms with Gasteiger partial charge in [-0.2, -0.15) is 0 Å². The maximum atomic E-state index is 5.86. The van der Waals surface area contributed by atoms with Crippen LogP contribution in [0, 0.1) is 0 Å². The Hall–Kier alpha value is -2.96. The van der Waals surface area contributed by atoms with Crippen LogP contribution >= 0.6 is 0 Å². The molecular weight excluding hydrogens is 324 g/mol. The lowest BCUT2D eigenvalue weighted by Crippen LogP contribution is -2.06. The van der Waals surface area contributed by atoms with E-state index in [4.69, 9.17) is 23.4 Å². The smallest absolute Gasteiger partial charge is 0.247 e. The van der Waals surface area contributed by atoms with Crippen LogP contribution in [0.2, 0.25) is 0 Å². The van der Waals surface area contributed by atoms with Crippen molar-refractivity contribution in [3.8, 4) is 23.0 Å². The Morgan fingerprint density at radius 1 is 0.920 bits per heavy atom. The van der Waals surface area contributed by atoms with E-state index in [1.807, 2.05) is 18.2 Å². The van der Waals surface area contributed by atoms with Crippen molar-refractivity contribution in [2.24, 2.45) is 0 Å². The van der Waals surface area contributed by atoms with Gasteiger partial charge >= 0.3 is 0 Å². The second kappa shape index (κ2) is 7.29. The highest BCUT2D eigenvalue weighted by atomic mass is 16.5. The molecule has 0 bridgehead atoms. The van der Waals surface area contributed by atoms with Crippen LogP contribution in [0.3, 0.4) is 0 Å². The van der Waals surface area contributed by atoms with Crippen LogP contribution in [-0.4, -0.2) is 38.6 Å². The zero-order chi connectivity index (χ0) is 17.8. The van der Waals surface area contributed by atoms with Gasteiger partial charge in [-0.15, -0.1) is 10.2 Å². The van der Waals surface area contributed by atoms with Gasteiger partial charge in [0.25, 0.3) is 0 Å². The Bertz CT molecular complexity index is 810. The van der Waals surface area contributed by atoms with Crippen LogP contribution in [0.5, 0.6) is 11.5 Å². The maximum Gasteiger partial charge on any atom is 0.247 e. The summed E-state index contributed by atoms with van der Waals surface area (Å²) in [5.74, 6) is 3.49. The minimum absolute atomic E-state index is 0.0600. The number of allylic oxidation sites excluding steroid dienone is 2. The standard InChI is InChI=1S/C18H20N2O5/c1-21-13-7-5-11(9-15(13)23-3)17-19-20-18(25-17)12-6-8-14(22-2)16(10-12)24-4/h5,7-10,12H,6H2,1-4H3. The van der Waals surface area contributed by atoms with Gasteiger partial charge in [-0.3, -0.25) is 0 Å². The van der Waals surface area contributed by atoms with Crippen LogP contribution in [0.25, 0.3) is 11.5 Å². The highest BCUT2D eigenvalue weighted by Gasteiger charge is 2.23. The molecule has 1 heterocycles. The summed E-state index contributed by atoms with van der Waals surface area (Å²) in [6, 6.07) is 5.45. The van der Waals surface area contributed by atoms with Crippen molar-refractivity contribution in [3.05, 3.63) is 47.8 Å². The highest BCUT2D eigenvalue weighted by molar-refractivity contribution is 5.59. The summed E-state index contributed by atoms with van der Waals surface area (Å²) in [5.41, 5.74) is 0.760. The van der Waals surface area contributed by atoms with E-state index in [0.29, 0.717) is 41.2 Å². The first-order chi connectivity index (χ1) is 12.2. The third kappa shape index (κ3) is 3.31. The van der Waals surface area contributed by atoms with Crippen molar-refractivity contribution >= 4 is 0 Å². The van der Waals surface area contributed by atoms with Crippen molar-refractivity contribution < 1.29 is 23.4 Å². The molecule has 3 rings (SSSR count). The van der Waals surface area contributed by atoms with Crippen molar-refractivity contribution in [2.45, 2.75) is 12.3 Å². The normalized spacial score (nSPS) is 16.7. The first-order valence-electron chi connectivity index (χ1n) is 7.76. The second-order valence-electron chi connectivity index (χ2n) is 5.36. The molecule has 132 valence electrons. The van der Waals surface area contributed by atoms with E-state index >= 15 is 0 Å². The molecule has 0 saturated carbocycles. The van der Waals surface area contributed by atoms with Crippen LogP contribution < -0.4 is 9.47 Å². The predicted molar refractivity (Wildman–Crippen MR) is 90.4 cm³/mol. The molecule has 25 heavy (non-hydrogen) atoms. The average molecular weight is 344 g/mol. The largest absolute Gasteiger partial charge is 0.493 e. The molecule has 0 N–H and O–H groups in total. The minimum Gasteiger partial charge on any atom is -0.493 e. The number of hydrogen-bond donors (Lipinski definition) is 0. The fraction of sp³-hybridized carbons (Fsp3) is 0.333. The summed E-state index contributed by atoms with van der Waals surface area (Å²) in [6.45, 7) is 0. The lowest BCUT2D eigenvalue weighted by Gasteiger charge is -2.17. The molecule has 7 nitrogen and oxygen atoms in total. The second-order valence-corrected chi connectivity index (χ2v) is 5.36. The van der Waals surface area contributed by atoms with Gasteiger partial charge in [0.05, 0.1) is 34.4 Å². The van der Waals surface area contributed by atoms with E-state index in [0.717, 1.165) is 5.56 Å². The third-order valence-electron chi connectivity index (χ3n) is 3.98. The summed E-state index contributed by atoms with van der Waals surface area (Å²) < 4.78 is 27.0. The van der Waals surface area contributed by atoms with Crippen molar-refractivity contribution in [1.82, 2.24) is 10.2 Å². The predicted octanol–water partition coefficient (Wildman–Crippen LogP) is 3.30. The number of methoxy groups -OCH3 is 4. The van der Waals surface area contributed by atoms with Gasteiger partial charge < -0.3 is 23.4 Å². The number of ether oxygens (including phenoxy) is 4. The molecule has 0 aliphatic heterocycles. The zero-order valence-electron chi connectivity index (χ0n) is 14.6. The molecule has 1 aliphatic carbocycles. The molecule has 0 spiro atoms. The Kier molecular flexibility index (Phi) is 4.92. The maximum absolute atomic E-state index is 5.86. The number of benzene rings is 1. The fourth-order valence-electron chi connectivity index (χ4n) is 2.66. The SMILES string of the molecule is COC1=CCC(c2nnc(-c3ccc(OC)c(OC)c3)o2)C=C1OC. The molecule has 0 saturated heterocycles. The highest BCUT2D eigenvalue weighted by Crippen LogP contribution is 2.34. The van der Waals surface area contributed by atoms with E-state index in [-0.39, 0.29) is 5.92 Å². The van der Waals surface area contributed by atoms with Crippen molar-refractivity contribution in [3.63, 3.8) is 0 Å². The van der Waals surface area contributed by atoms with Gasteiger partial charge in [-0.05, 0) is 36.8 Å². The van der Waals surface area contributed by atoms with Gasteiger partial charge in [0, 0.05) is 5.56 Å². The zero-order valence-corrected chi connectivity index (χ0v) is 14.6. The molecule has 0 amide bonds. The van der Waals surface area contributed by atoms with E-state index in [9.17, 15) is 0 Å². The topological polar surface area (TPSA) is 75.8 Å². The number of nitrogens with zero attached hydrogens (tertiary/aromatic N) is 2. The molecule has 0 fully saturated rings. The molecule has 1 unspecified atom stereocenters. The number of rotatable bonds is 6. The number of aromatic nitrogens is 2. The molecule has 1 aromatic heterocycles. The Balaban J connectivity index is 1.86. The van der Waals surface area contributed by atoms with Crippen LogP contribution in [-0.2, 0) is 9.47 Å². The Labute approximate surface area is 145 Å². The minimum atomic E-state index is -0.0600. The van der Waals surface area contributed by atoms with E-state index in [1.165, 1.54) is 0 Å². The van der Waals surface area contributed by atoms with Gasteiger partial charge in [-0.25, -0.2) is 0 Å². The van der Waals surface area contributed by atoms with Crippen LogP contribution in [0.15, 0.2) is 46.3 Å². The third-order valence-corrected chi connectivity index (χ3v) is 3.98. The average Bonchev–Trinajstić information content (AvgIpc) is 3.17. The van der Waals surface area contributed by atoms with Gasteiger partial charge in [0.15, 0.2) is 23.0 Å². The van der Waals surface area contributed by atoms with Crippen LogP contribution in [0.4, 0.5) is 0 Å². The molecule has 7 heteroatoms. The molecule has 1 atom stereocenters. The van der Waals surface area contributed by atoms with Crippen molar-refractivity contribution in [1.29, 1.82) is 0 Å². The summed E-state index contributed by atoms with van der Waals surface area (Å²) >= 11 is 0. The number of hydrogen-bond acceptors (Lipinski definition) is 7. The Morgan fingerprint density at radius 2 is 1.68 bits per heavy atom. The van der Waals surface area contributed by atoms with Crippen molar-refractivity contribution in [2.75, 3.05) is 28.4 Å². The summed E-state index contributed by atoms with van der Waals surface area (Å²) in [4.78, 5) is 0. The lowest BCUT2D eigenvalue weighted by molar-refractivity contribution is 0.213. The van der Waals surface area contributed by atoms with E-state index in [1.54, 1.807) is 40.6 Å². The molecule has 0 radical (unpaired) electrons. The Morgan fingerprint density at radius 3 is 2.36 bits per heavy atom. The van der Waals surface area contributed by atoms with Gasteiger partial charge in [-0.1, -0.05) is 0 Å². The fourth-order valence-corrected chi connectivity index (χ4v) is 2.66. The first kappa shape index (κ1) is 16.9. The molecular formula is C18H20N2O5. The molecule has 2 aromatic rings. The molecule has 1 aromatic carbocycles. The first-order valence-corrected chi connectivity index (χ1v) is 7.76.